The summed E-state index contributed by atoms with van der Waals surface area (Å²) in [6.07, 6.45) is 6.72. The van der Waals surface area contributed by atoms with E-state index in [0.717, 1.165) is 17.5 Å². The Hall–Kier alpha value is -1.96. The van der Waals surface area contributed by atoms with Crippen molar-refractivity contribution in [3.05, 3.63) is 71.3 Å². The zero-order valence-electron chi connectivity index (χ0n) is 22.2. The lowest BCUT2D eigenvalue weighted by Gasteiger charge is -2.53. The van der Waals surface area contributed by atoms with Gasteiger partial charge in [-0.25, -0.2) is 8.93 Å². The smallest absolute Gasteiger partial charge is 0.228 e. The first-order chi connectivity index (χ1) is 16.7. The van der Waals surface area contributed by atoms with Crippen LogP contribution in [0.4, 0.5) is 0 Å². The molecule has 4 atom stereocenters. The Morgan fingerprint density at radius 2 is 1.39 bits per heavy atom. The molecule has 1 spiro atoms. The standard InChI is InChI=1S/C29H38N2O3S2/c1-20-7-11-24(12-8-20)35(32,31-36(33,34)25-13-9-21(2)10-14-25)30-23-17-26-28(5,6)22-15-16-29(26,18-22)27(3,4)19-23/h7-14,17,22-23H,15-16,18-19H2,1-6H3,(H,30,31,32)/t22-,23?,29-,35?/m0/s1. The summed E-state index contributed by atoms with van der Waals surface area (Å²) in [5.41, 5.74) is 3.67. The van der Waals surface area contributed by atoms with Crippen molar-refractivity contribution in [2.45, 2.75) is 83.1 Å². The van der Waals surface area contributed by atoms with E-state index in [1.165, 1.54) is 37.0 Å². The highest BCUT2D eigenvalue weighted by Crippen LogP contribution is 2.73. The summed E-state index contributed by atoms with van der Waals surface area (Å²) in [4.78, 5) is 0.428. The second kappa shape index (κ2) is 8.27. The third-order valence-corrected chi connectivity index (χ3v) is 13.3. The number of hydrogen-bond donors (Lipinski definition) is 1. The maximum atomic E-state index is 14.6. The second-order valence-corrected chi connectivity index (χ2v) is 16.1. The van der Waals surface area contributed by atoms with Crippen LogP contribution in [0, 0.1) is 36.0 Å². The summed E-state index contributed by atoms with van der Waals surface area (Å²) in [6.45, 7) is 13.2. The molecule has 1 N–H and O–H groups in total. The molecule has 2 saturated carbocycles. The molecule has 194 valence electrons. The molecule has 0 heterocycles. The van der Waals surface area contributed by atoms with Crippen LogP contribution in [-0.4, -0.2) is 18.7 Å². The summed E-state index contributed by atoms with van der Waals surface area (Å²) < 4.78 is 48.7. The number of nitrogens with one attached hydrogen (secondary N) is 1. The zero-order chi connectivity index (χ0) is 26.1. The van der Waals surface area contributed by atoms with Gasteiger partial charge in [-0.15, -0.1) is 0 Å². The van der Waals surface area contributed by atoms with E-state index in [-0.39, 0.29) is 27.2 Å². The van der Waals surface area contributed by atoms with Gasteiger partial charge in [0, 0.05) is 6.04 Å². The third-order valence-electron chi connectivity index (χ3n) is 9.31. The van der Waals surface area contributed by atoms with E-state index in [0.29, 0.717) is 10.8 Å². The monoisotopic (exact) mass is 526 g/mol. The van der Waals surface area contributed by atoms with E-state index in [9.17, 15) is 12.6 Å². The molecule has 2 aromatic carbocycles. The average molecular weight is 527 g/mol. The Morgan fingerprint density at radius 1 is 0.833 bits per heavy atom. The van der Waals surface area contributed by atoms with Crippen LogP contribution in [0.3, 0.4) is 0 Å². The van der Waals surface area contributed by atoms with Crippen LogP contribution in [0.25, 0.3) is 0 Å². The Kier molecular flexibility index (Phi) is 5.90. The lowest BCUT2D eigenvalue weighted by atomic mass is 9.53. The molecule has 7 heteroatoms. The van der Waals surface area contributed by atoms with Crippen LogP contribution < -0.4 is 4.72 Å². The van der Waals surface area contributed by atoms with Crippen molar-refractivity contribution < 1.29 is 12.6 Å². The first-order valence-electron chi connectivity index (χ1n) is 12.9. The van der Waals surface area contributed by atoms with E-state index in [2.05, 4.69) is 42.3 Å². The highest BCUT2D eigenvalue weighted by Gasteiger charge is 2.65. The van der Waals surface area contributed by atoms with Crippen LogP contribution in [0.2, 0.25) is 0 Å². The van der Waals surface area contributed by atoms with E-state index >= 15 is 0 Å². The number of benzene rings is 2. The molecule has 2 unspecified atom stereocenters. The number of hydrogen-bond acceptors (Lipinski definition) is 3. The highest BCUT2D eigenvalue weighted by atomic mass is 32.3. The van der Waals surface area contributed by atoms with Crippen molar-refractivity contribution >= 4 is 19.9 Å². The molecule has 0 aromatic heterocycles. The molecule has 5 rings (SSSR count). The van der Waals surface area contributed by atoms with Crippen molar-refractivity contribution in [2.75, 3.05) is 0 Å². The van der Waals surface area contributed by atoms with Crippen molar-refractivity contribution in [3.8, 4) is 0 Å². The summed E-state index contributed by atoms with van der Waals surface area (Å²) in [5.74, 6) is 0.662. The molecule has 0 amide bonds. The molecular formula is C29H38N2O3S2. The fourth-order valence-corrected chi connectivity index (χ4v) is 10.8. The van der Waals surface area contributed by atoms with Crippen molar-refractivity contribution in [2.24, 2.45) is 25.9 Å². The lowest BCUT2D eigenvalue weighted by Crippen LogP contribution is -2.49. The van der Waals surface area contributed by atoms with Gasteiger partial charge in [0.1, 0.15) is 0 Å². The van der Waals surface area contributed by atoms with Gasteiger partial charge in [0.05, 0.1) is 9.79 Å². The van der Waals surface area contributed by atoms with Gasteiger partial charge in [-0.3, -0.25) is 0 Å². The normalized spacial score (nSPS) is 29.8. The minimum Gasteiger partial charge on any atom is -0.228 e. The van der Waals surface area contributed by atoms with Gasteiger partial charge in [-0.2, -0.15) is 8.42 Å². The van der Waals surface area contributed by atoms with Gasteiger partial charge in [0.25, 0.3) is 10.0 Å². The molecule has 0 radical (unpaired) electrons. The zero-order valence-corrected chi connectivity index (χ0v) is 23.8. The van der Waals surface area contributed by atoms with E-state index in [4.69, 9.17) is 0 Å². The second-order valence-electron chi connectivity index (χ2n) is 12.3. The molecule has 2 aromatic rings. The van der Waals surface area contributed by atoms with E-state index in [1.807, 2.05) is 26.0 Å². The van der Waals surface area contributed by atoms with Gasteiger partial charge in [-0.1, -0.05) is 78.5 Å². The number of allylic oxidation sites excluding steroid dienone is 1. The summed E-state index contributed by atoms with van der Waals surface area (Å²) in [6, 6.07) is 13.4. The van der Waals surface area contributed by atoms with Crippen LogP contribution in [0.1, 0.15) is 64.5 Å². The van der Waals surface area contributed by atoms with Crippen LogP contribution in [-0.2, 0) is 19.9 Å². The molecule has 5 nitrogen and oxygen atoms in total. The molecule has 0 aliphatic heterocycles. The fraction of sp³-hybridized carbons (Fsp3) is 0.517. The quantitative estimate of drug-likeness (QED) is 0.448. The lowest BCUT2D eigenvalue weighted by molar-refractivity contribution is 0.0816. The van der Waals surface area contributed by atoms with E-state index < -0.39 is 19.9 Å². The molecule has 2 fully saturated rings. The Bertz CT molecular complexity index is 1440. The summed E-state index contributed by atoms with van der Waals surface area (Å²) in [7, 11) is -7.65. The number of sulfonamides is 1. The Balaban J connectivity index is 1.62. The highest BCUT2D eigenvalue weighted by molar-refractivity contribution is 8.02. The Morgan fingerprint density at radius 3 is 1.97 bits per heavy atom. The van der Waals surface area contributed by atoms with Gasteiger partial charge in [0.15, 0.2) is 9.92 Å². The maximum absolute atomic E-state index is 14.6. The first-order valence-corrected chi connectivity index (χ1v) is 15.8. The fourth-order valence-electron chi connectivity index (χ4n) is 7.13. The molecule has 2 bridgehead atoms. The number of fused-ring (bicyclic) bond motifs is 1. The molecule has 3 aliphatic rings. The van der Waals surface area contributed by atoms with E-state index in [1.54, 1.807) is 24.3 Å². The van der Waals surface area contributed by atoms with Crippen LogP contribution >= 0.6 is 0 Å². The topological polar surface area (TPSA) is 75.6 Å². The van der Waals surface area contributed by atoms with Crippen molar-refractivity contribution in [1.82, 2.24) is 4.72 Å². The molecule has 0 saturated heterocycles. The van der Waals surface area contributed by atoms with Gasteiger partial charge < -0.3 is 0 Å². The predicted molar refractivity (Wildman–Crippen MR) is 145 cm³/mol. The van der Waals surface area contributed by atoms with Gasteiger partial charge in [-0.05, 0) is 86.0 Å². The maximum Gasteiger partial charge on any atom is 0.291 e. The average Bonchev–Trinajstić information content (AvgIpc) is 3.31. The largest absolute Gasteiger partial charge is 0.291 e. The molecule has 36 heavy (non-hydrogen) atoms. The number of aryl methyl sites for hydroxylation is 2. The molecular weight excluding hydrogens is 488 g/mol. The molecule has 3 aliphatic carbocycles. The van der Waals surface area contributed by atoms with Gasteiger partial charge >= 0.3 is 0 Å². The van der Waals surface area contributed by atoms with Gasteiger partial charge in [0.2, 0.25) is 0 Å². The predicted octanol–water partition coefficient (Wildman–Crippen LogP) is 6.58. The number of nitrogens with zero attached hydrogens (tertiary/aromatic N) is 1. The van der Waals surface area contributed by atoms with Crippen LogP contribution in [0.15, 0.2) is 73.7 Å². The van der Waals surface area contributed by atoms with Crippen molar-refractivity contribution in [3.63, 3.8) is 0 Å². The van der Waals surface area contributed by atoms with Crippen LogP contribution in [0.5, 0.6) is 0 Å². The summed E-state index contributed by atoms with van der Waals surface area (Å²) >= 11 is 0. The first kappa shape index (κ1) is 25.7. The minimum absolute atomic E-state index is 0.000722. The number of rotatable bonds is 5. The minimum atomic E-state index is -4.16. The Labute approximate surface area is 217 Å². The summed E-state index contributed by atoms with van der Waals surface area (Å²) in [5, 5.41) is 0. The SMILES string of the molecule is Cc1ccc(S(=O)(=O)N=S(=O)(NC2C=C3C(C)(C)[C@H]4CC[C@@]3(C4)C(C)(C)C2)c2ccc(C)cc2)cc1. The van der Waals surface area contributed by atoms with Crippen molar-refractivity contribution in [1.29, 1.82) is 0 Å². The third kappa shape index (κ3) is 3.98.